The molecule has 1 heterocycles. The van der Waals surface area contributed by atoms with Crippen LogP contribution in [0.25, 0.3) is 10.2 Å². The van der Waals surface area contributed by atoms with Crippen LogP contribution in [0.5, 0.6) is 0 Å². The van der Waals surface area contributed by atoms with Crippen LogP contribution < -0.4 is 4.80 Å². The molecule has 3 rings (SSSR count). The second kappa shape index (κ2) is 5.47. The fourth-order valence-electron chi connectivity index (χ4n) is 2.09. The lowest BCUT2D eigenvalue weighted by Gasteiger charge is -1.97. The van der Waals surface area contributed by atoms with E-state index in [1.807, 2.05) is 17.7 Å². The largest absolute Gasteiger partial charge is 0.319 e. The third-order valence-electron chi connectivity index (χ3n) is 3.25. The molecule has 1 amide bonds. The fourth-order valence-corrected chi connectivity index (χ4v) is 3.33. The molecule has 0 spiro atoms. The Morgan fingerprint density at radius 1 is 1.19 bits per heavy atom. The zero-order valence-electron chi connectivity index (χ0n) is 11.6. The van der Waals surface area contributed by atoms with E-state index in [0.717, 1.165) is 10.2 Å². The number of carbonyl (C=O) groups excluding carboxylic acids is 1. The van der Waals surface area contributed by atoms with E-state index < -0.39 is 0 Å². The van der Waals surface area contributed by atoms with Crippen LogP contribution in [0.1, 0.15) is 15.9 Å². The monoisotopic (exact) mass is 316 g/mol. The van der Waals surface area contributed by atoms with Gasteiger partial charge in [0.15, 0.2) is 4.80 Å². The maximum atomic E-state index is 12.2. The van der Waals surface area contributed by atoms with Gasteiger partial charge in [-0.05, 0) is 48.9 Å². The maximum absolute atomic E-state index is 12.2. The minimum Gasteiger partial charge on any atom is -0.319 e. The fraction of sp³-hybridized carbons (Fsp3) is 0.125. The average molecular weight is 317 g/mol. The molecule has 0 unspecified atom stereocenters. The Balaban J connectivity index is 2.09. The second-order valence-electron chi connectivity index (χ2n) is 4.84. The number of fused-ring (bicyclic) bond motifs is 1. The molecule has 5 heteroatoms. The van der Waals surface area contributed by atoms with Crippen LogP contribution in [0.3, 0.4) is 0 Å². The Bertz CT molecular complexity index is 891. The first-order chi connectivity index (χ1) is 10.0. The van der Waals surface area contributed by atoms with Gasteiger partial charge in [-0.1, -0.05) is 29.0 Å². The van der Waals surface area contributed by atoms with Crippen LogP contribution in [0.15, 0.2) is 47.5 Å². The number of benzene rings is 2. The summed E-state index contributed by atoms with van der Waals surface area (Å²) in [5.41, 5.74) is 2.81. The highest BCUT2D eigenvalue weighted by Crippen LogP contribution is 2.18. The van der Waals surface area contributed by atoms with Gasteiger partial charge in [-0.25, -0.2) is 0 Å². The van der Waals surface area contributed by atoms with Gasteiger partial charge < -0.3 is 4.57 Å². The first kappa shape index (κ1) is 14.0. The standard InChI is InChI=1S/C16H13ClN2OS/c1-10-3-8-13-14(9-10)21-16(19(13)2)18-15(20)11-4-6-12(17)7-5-11/h3-9H,1-2H3. The molecule has 106 valence electrons. The number of carbonyl (C=O) groups is 1. The van der Waals surface area contributed by atoms with Crippen molar-refractivity contribution in [3.05, 3.63) is 63.4 Å². The molecule has 3 nitrogen and oxygen atoms in total. The van der Waals surface area contributed by atoms with Crippen molar-refractivity contribution >= 4 is 39.1 Å². The van der Waals surface area contributed by atoms with Gasteiger partial charge in [0.25, 0.3) is 5.91 Å². The molecule has 3 aromatic rings. The Kier molecular flexibility index (Phi) is 3.66. The Morgan fingerprint density at radius 2 is 1.90 bits per heavy atom. The zero-order chi connectivity index (χ0) is 15.0. The summed E-state index contributed by atoms with van der Waals surface area (Å²) in [6, 6.07) is 13.0. The first-order valence-corrected chi connectivity index (χ1v) is 7.65. The van der Waals surface area contributed by atoms with Crippen LogP contribution in [-0.4, -0.2) is 10.5 Å². The van der Waals surface area contributed by atoms with Gasteiger partial charge in [0.1, 0.15) is 0 Å². The number of hydrogen-bond donors (Lipinski definition) is 0. The van der Waals surface area contributed by atoms with Gasteiger partial charge in [0.05, 0.1) is 10.2 Å². The molecule has 0 bridgehead atoms. The summed E-state index contributed by atoms with van der Waals surface area (Å²) in [6.45, 7) is 2.05. The van der Waals surface area contributed by atoms with Gasteiger partial charge in [-0.3, -0.25) is 4.79 Å². The molecule has 0 aliphatic heterocycles. The Labute approximate surface area is 131 Å². The van der Waals surface area contributed by atoms with Gasteiger partial charge in [-0.15, -0.1) is 0 Å². The van der Waals surface area contributed by atoms with E-state index in [2.05, 4.69) is 24.0 Å². The molecule has 0 aliphatic carbocycles. The van der Waals surface area contributed by atoms with Crippen molar-refractivity contribution in [3.63, 3.8) is 0 Å². The lowest BCUT2D eigenvalue weighted by Crippen LogP contribution is -2.13. The van der Waals surface area contributed by atoms with Crippen molar-refractivity contribution in [3.8, 4) is 0 Å². The predicted molar refractivity (Wildman–Crippen MR) is 86.9 cm³/mol. The van der Waals surface area contributed by atoms with Crippen molar-refractivity contribution in [1.82, 2.24) is 4.57 Å². The number of aryl methyl sites for hydroxylation is 2. The highest BCUT2D eigenvalue weighted by atomic mass is 35.5. The third kappa shape index (κ3) is 2.77. The van der Waals surface area contributed by atoms with E-state index in [0.29, 0.717) is 15.4 Å². The number of amides is 1. The first-order valence-electron chi connectivity index (χ1n) is 6.45. The number of aromatic nitrogens is 1. The summed E-state index contributed by atoms with van der Waals surface area (Å²) in [4.78, 5) is 17.1. The van der Waals surface area contributed by atoms with Crippen molar-refractivity contribution in [2.45, 2.75) is 6.92 Å². The van der Waals surface area contributed by atoms with E-state index in [-0.39, 0.29) is 5.91 Å². The van der Waals surface area contributed by atoms with Crippen LogP contribution >= 0.6 is 22.9 Å². The number of nitrogens with zero attached hydrogens (tertiary/aromatic N) is 2. The van der Waals surface area contributed by atoms with Gasteiger partial charge in [0.2, 0.25) is 0 Å². The van der Waals surface area contributed by atoms with Crippen LogP contribution in [-0.2, 0) is 7.05 Å². The Hall–Kier alpha value is -1.91. The minimum absolute atomic E-state index is 0.259. The minimum atomic E-state index is -0.259. The number of thiazole rings is 1. The van der Waals surface area contributed by atoms with Gasteiger partial charge >= 0.3 is 0 Å². The molecule has 0 saturated carbocycles. The van der Waals surface area contributed by atoms with Gasteiger partial charge in [0, 0.05) is 17.6 Å². The molecule has 0 radical (unpaired) electrons. The highest BCUT2D eigenvalue weighted by Gasteiger charge is 2.07. The lowest BCUT2D eigenvalue weighted by molar-refractivity contribution is 0.0998. The van der Waals surface area contributed by atoms with E-state index >= 15 is 0 Å². The molecule has 0 saturated heterocycles. The summed E-state index contributed by atoms with van der Waals surface area (Å²) in [7, 11) is 1.92. The SMILES string of the molecule is Cc1ccc2c(c1)sc(=NC(=O)c1ccc(Cl)cc1)n2C. The summed E-state index contributed by atoms with van der Waals surface area (Å²) in [6.07, 6.45) is 0. The predicted octanol–water partition coefficient (Wildman–Crippen LogP) is 3.94. The third-order valence-corrected chi connectivity index (χ3v) is 4.60. The van der Waals surface area contributed by atoms with Crippen LogP contribution in [0.4, 0.5) is 0 Å². The van der Waals surface area contributed by atoms with Crippen molar-refractivity contribution in [1.29, 1.82) is 0 Å². The van der Waals surface area contributed by atoms with E-state index in [9.17, 15) is 4.79 Å². The van der Waals surface area contributed by atoms with Crippen molar-refractivity contribution in [2.24, 2.45) is 12.0 Å². The summed E-state index contributed by atoms with van der Waals surface area (Å²) >= 11 is 7.34. The van der Waals surface area contributed by atoms with Crippen molar-refractivity contribution < 1.29 is 4.79 Å². The summed E-state index contributed by atoms with van der Waals surface area (Å²) in [5.74, 6) is -0.259. The van der Waals surface area contributed by atoms with E-state index in [4.69, 9.17) is 11.6 Å². The second-order valence-corrected chi connectivity index (χ2v) is 6.28. The van der Waals surface area contributed by atoms with Crippen LogP contribution in [0.2, 0.25) is 5.02 Å². The topological polar surface area (TPSA) is 34.4 Å². The Morgan fingerprint density at radius 3 is 2.62 bits per heavy atom. The zero-order valence-corrected chi connectivity index (χ0v) is 13.2. The van der Waals surface area contributed by atoms with Crippen molar-refractivity contribution in [2.75, 3.05) is 0 Å². The molecule has 1 aromatic heterocycles. The molecule has 0 atom stereocenters. The van der Waals surface area contributed by atoms with Gasteiger partial charge in [-0.2, -0.15) is 4.99 Å². The molecular formula is C16H13ClN2OS. The number of hydrogen-bond acceptors (Lipinski definition) is 2. The normalized spacial score (nSPS) is 12.0. The van der Waals surface area contributed by atoms with Crippen LogP contribution in [0, 0.1) is 6.92 Å². The summed E-state index contributed by atoms with van der Waals surface area (Å²) in [5, 5.41) is 0.606. The molecular weight excluding hydrogens is 304 g/mol. The molecule has 0 N–H and O–H groups in total. The summed E-state index contributed by atoms with van der Waals surface area (Å²) < 4.78 is 3.06. The highest BCUT2D eigenvalue weighted by molar-refractivity contribution is 7.16. The number of rotatable bonds is 1. The maximum Gasteiger partial charge on any atom is 0.279 e. The van der Waals surface area contributed by atoms with E-state index in [1.54, 1.807) is 24.3 Å². The molecule has 0 aliphatic rings. The van der Waals surface area contributed by atoms with E-state index in [1.165, 1.54) is 16.9 Å². The lowest BCUT2D eigenvalue weighted by atomic mass is 10.2. The molecule has 0 fully saturated rings. The smallest absolute Gasteiger partial charge is 0.279 e. The molecule has 2 aromatic carbocycles. The number of halogens is 1. The average Bonchev–Trinajstić information content (AvgIpc) is 2.75. The molecule has 21 heavy (non-hydrogen) atoms. The quantitative estimate of drug-likeness (QED) is 0.669.